The van der Waals surface area contributed by atoms with Crippen molar-refractivity contribution in [3.05, 3.63) is 98.9 Å². The zero-order chi connectivity index (χ0) is 38.5. The van der Waals surface area contributed by atoms with Gasteiger partial charge in [0.2, 0.25) is 11.8 Å². The monoisotopic (exact) mass is 790 g/mol. The van der Waals surface area contributed by atoms with E-state index in [0.717, 1.165) is 11.1 Å². The summed E-state index contributed by atoms with van der Waals surface area (Å²) in [6.45, 7) is 0.474. The van der Waals surface area contributed by atoms with Gasteiger partial charge >= 0.3 is 18.1 Å². The van der Waals surface area contributed by atoms with E-state index in [1.165, 1.54) is 34.0 Å². The molecule has 1 atom stereocenters. The summed E-state index contributed by atoms with van der Waals surface area (Å²) in [7, 11) is 0. The number of amides is 2. The first kappa shape index (κ1) is 40.2. The van der Waals surface area contributed by atoms with Gasteiger partial charge in [0, 0.05) is 28.4 Å². The van der Waals surface area contributed by atoms with Gasteiger partial charge in [-0.1, -0.05) is 42.5 Å². The van der Waals surface area contributed by atoms with E-state index in [1.807, 2.05) is 54.6 Å². The largest absolute Gasteiger partial charge is 0.490 e. The van der Waals surface area contributed by atoms with Crippen LogP contribution in [0.2, 0.25) is 0 Å². The van der Waals surface area contributed by atoms with Crippen LogP contribution in [-0.4, -0.2) is 68.0 Å². The predicted molar refractivity (Wildman–Crippen MR) is 195 cm³/mol. The molecule has 280 valence electrons. The number of nitrogens with one attached hydrogen (secondary N) is 1. The smallest absolute Gasteiger partial charge is 0.475 e. The Morgan fingerprint density at radius 1 is 0.792 bits per heavy atom. The highest BCUT2D eigenvalue weighted by atomic mass is 32.1. The van der Waals surface area contributed by atoms with Crippen LogP contribution >= 0.6 is 34.0 Å². The van der Waals surface area contributed by atoms with Crippen molar-refractivity contribution >= 4 is 78.8 Å². The molecule has 0 fully saturated rings. The molecule has 0 spiro atoms. The third kappa shape index (κ3) is 13.5. The van der Waals surface area contributed by atoms with Crippen LogP contribution in [0.5, 0.6) is 0 Å². The number of nitrogen functional groups attached to an aromatic ring is 3. The van der Waals surface area contributed by atoms with E-state index in [4.69, 9.17) is 31.8 Å². The lowest BCUT2D eigenvalue weighted by Gasteiger charge is -2.28. The molecule has 14 nitrogen and oxygen atoms in total. The number of benzene rings is 2. The number of halogens is 3. The molecule has 0 aliphatic carbocycles. The standard InChI is InChI=1S/C31H32N8O4S3.C2HF3O2/c32-29-36-22(16-44-29)12-26(40)35-21-8-6-19(7-9-21)10-11-39(27(41)13-23-17-45-30(33)37-23)15-25(20-4-2-1-3-5-20)43-28(42)14-24-18-46-31(34)38-24;3-2(4,5)1(6)7/h1-9,16-18,25H,10-15H2,(H2,32,36)(H2,33,37)(H2,34,38)(H,35,40);(H,6,7)/t25-;/m0./s1. The van der Waals surface area contributed by atoms with Crippen LogP contribution in [0.25, 0.3) is 0 Å². The number of rotatable bonds is 14. The second-order valence-corrected chi connectivity index (χ2v) is 13.8. The summed E-state index contributed by atoms with van der Waals surface area (Å²) in [4.78, 5) is 62.2. The fourth-order valence-electron chi connectivity index (χ4n) is 4.61. The zero-order valence-corrected chi connectivity index (χ0v) is 30.1. The van der Waals surface area contributed by atoms with Crippen molar-refractivity contribution in [1.82, 2.24) is 19.9 Å². The SMILES string of the molecule is Nc1nc(CC(=O)Nc2ccc(CCN(C[C@H](OC(=O)Cc3csc(N)n3)c3ccccc3)C(=O)Cc3csc(N)n3)cc2)cs1.O=C(O)C(F)(F)F. The highest BCUT2D eigenvalue weighted by Gasteiger charge is 2.38. The Hall–Kier alpha value is -5.60. The normalized spacial score (nSPS) is 11.5. The Bertz CT molecular complexity index is 1990. The molecule has 5 aromatic rings. The molecule has 3 heterocycles. The molecule has 0 saturated heterocycles. The summed E-state index contributed by atoms with van der Waals surface area (Å²) < 4.78 is 37.7. The van der Waals surface area contributed by atoms with E-state index in [9.17, 15) is 27.6 Å². The van der Waals surface area contributed by atoms with Crippen LogP contribution < -0.4 is 22.5 Å². The molecular weight excluding hydrogens is 758 g/mol. The second-order valence-electron chi connectivity index (χ2n) is 11.1. The Kier molecular flexibility index (Phi) is 14.2. The van der Waals surface area contributed by atoms with Crippen LogP contribution in [0, 0.1) is 0 Å². The van der Waals surface area contributed by atoms with Gasteiger partial charge in [-0.2, -0.15) is 13.2 Å². The molecule has 8 N–H and O–H groups in total. The van der Waals surface area contributed by atoms with Crippen molar-refractivity contribution in [2.24, 2.45) is 0 Å². The topological polar surface area (TPSA) is 230 Å². The van der Waals surface area contributed by atoms with Gasteiger partial charge in [0.05, 0.1) is 42.9 Å². The first-order valence-electron chi connectivity index (χ1n) is 15.4. The number of hydrogen-bond acceptors (Lipinski definition) is 14. The predicted octanol–water partition coefficient (Wildman–Crippen LogP) is 4.76. The van der Waals surface area contributed by atoms with Crippen molar-refractivity contribution in [1.29, 1.82) is 0 Å². The summed E-state index contributed by atoms with van der Waals surface area (Å²) in [6.07, 6.45) is -5.15. The minimum atomic E-state index is -5.08. The second kappa shape index (κ2) is 18.8. The molecule has 53 heavy (non-hydrogen) atoms. The number of nitrogens with two attached hydrogens (primary N) is 3. The van der Waals surface area contributed by atoms with Crippen molar-refractivity contribution < 1.29 is 42.2 Å². The lowest BCUT2D eigenvalue weighted by Crippen LogP contribution is -2.38. The van der Waals surface area contributed by atoms with E-state index < -0.39 is 24.2 Å². The number of ether oxygens (including phenoxy) is 1. The van der Waals surface area contributed by atoms with Gasteiger partial charge in [0.25, 0.3) is 0 Å². The quantitative estimate of drug-likeness (QED) is 0.0960. The van der Waals surface area contributed by atoms with Crippen molar-refractivity contribution in [3.8, 4) is 0 Å². The molecule has 2 amide bonds. The van der Waals surface area contributed by atoms with E-state index in [2.05, 4.69) is 20.3 Å². The number of carboxylic acid groups (broad SMARTS) is 1. The molecule has 0 radical (unpaired) electrons. The van der Waals surface area contributed by atoms with E-state index in [0.29, 0.717) is 51.1 Å². The highest BCUT2D eigenvalue weighted by molar-refractivity contribution is 7.14. The number of carbonyl (C=O) groups is 4. The maximum atomic E-state index is 13.6. The zero-order valence-electron chi connectivity index (χ0n) is 27.6. The van der Waals surface area contributed by atoms with Gasteiger partial charge in [-0.3, -0.25) is 14.4 Å². The van der Waals surface area contributed by atoms with Gasteiger partial charge in [0.15, 0.2) is 15.4 Å². The average Bonchev–Trinajstić information content (AvgIpc) is 3.83. The number of esters is 1. The number of aliphatic carboxylic acids is 1. The maximum absolute atomic E-state index is 13.6. The number of hydrogen-bond donors (Lipinski definition) is 5. The third-order valence-corrected chi connectivity index (χ3v) is 9.21. The molecule has 0 aliphatic heterocycles. The van der Waals surface area contributed by atoms with Crippen molar-refractivity contribution in [2.45, 2.75) is 38.0 Å². The van der Waals surface area contributed by atoms with Crippen LogP contribution in [0.15, 0.2) is 70.7 Å². The van der Waals surface area contributed by atoms with Crippen LogP contribution in [-0.2, 0) is 49.6 Å². The number of alkyl halides is 3. The average molecular weight is 791 g/mol. The van der Waals surface area contributed by atoms with Crippen LogP contribution in [0.4, 0.5) is 34.3 Å². The molecule has 2 aromatic carbocycles. The Morgan fingerprint density at radius 2 is 1.30 bits per heavy atom. The van der Waals surface area contributed by atoms with Crippen LogP contribution in [0.3, 0.4) is 0 Å². The lowest BCUT2D eigenvalue weighted by molar-refractivity contribution is -0.192. The Balaban J connectivity index is 0.000000815. The first-order chi connectivity index (χ1) is 25.1. The molecular formula is C33H33F3N8O6S3. The summed E-state index contributed by atoms with van der Waals surface area (Å²) in [5, 5.41) is 16.4. The van der Waals surface area contributed by atoms with E-state index in [-0.39, 0.29) is 37.6 Å². The Labute approximate surface area is 312 Å². The number of anilines is 4. The third-order valence-electron chi connectivity index (χ3n) is 7.04. The number of thiazole rings is 3. The molecule has 0 saturated carbocycles. The van der Waals surface area contributed by atoms with E-state index in [1.54, 1.807) is 21.0 Å². The summed E-state index contributed by atoms with van der Waals surface area (Å²) in [6, 6.07) is 16.7. The minimum absolute atomic E-state index is 0.0379. The van der Waals surface area contributed by atoms with Crippen molar-refractivity contribution in [2.75, 3.05) is 35.6 Å². The van der Waals surface area contributed by atoms with Gasteiger partial charge < -0.3 is 37.3 Å². The molecule has 0 aliphatic rings. The maximum Gasteiger partial charge on any atom is 0.490 e. The fraction of sp³-hybridized carbons (Fsp3) is 0.242. The summed E-state index contributed by atoms with van der Waals surface area (Å²) in [5.41, 5.74) is 21.3. The molecule has 0 bridgehead atoms. The van der Waals surface area contributed by atoms with E-state index >= 15 is 0 Å². The lowest BCUT2D eigenvalue weighted by atomic mass is 10.1. The molecule has 3 aromatic heterocycles. The number of carboxylic acids is 1. The van der Waals surface area contributed by atoms with Crippen molar-refractivity contribution in [3.63, 3.8) is 0 Å². The first-order valence-corrected chi connectivity index (χ1v) is 18.1. The Morgan fingerprint density at radius 3 is 1.79 bits per heavy atom. The fourth-order valence-corrected chi connectivity index (χ4v) is 6.30. The molecule has 5 rings (SSSR count). The number of nitrogens with zero attached hydrogens (tertiary/aromatic N) is 4. The van der Waals surface area contributed by atoms with Gasteiger partial charge in [-0.15, -0.1) is 34.0 Å². The molecule has 20 heteroatoms. The highest BCUT2D eigenvalue weighted by Crippen LogP contribution is 2.23. The van der Waals surface area contributed by atoms with Gasteiger partial charge in [-0.25, -0.2) is 19.7 Å². The minimum Gasteiger partial charge on any atom is -0.475 e. The summed E-state index contributed by atoms with van der Waals surface area (Å²) in [5.74, 6) is -3.61. The number of carbonyl (C=O) groups excluding carboxylic acids is 3. The number of aromatic nitrogens is 3. The van der Waals surface area contributed by atoms with Crippen LogP contribution in [0.1, 0.15) is 34.3 Å². The van der Waals surface area contributed by atoms with Gasteiger partial charge in [-0.05, 0) is 29.7 Å². The van der Waals surface area contributed by atoms with Gasteiger partial charge in [0.1, 0.15) is 6.10 Å². The molecule has 0 unspecified atom stereocenters. The summed E-state index contributed by atoms with van der Waals surface area (Å²) >= 11 is 3.81.